The summed E-state index contributed by atoms with van der Waals surface area (Å²) < 4.78 is 49.3. The average Bonchev–Trinajstić information content (AvgIpc) is 2.80. The summed E-state index contributed by atoms with van der Waals surface area (Å²) in [4.78, 5) is 0.192. The molecule has 1 fully saturated rings. The summed E-state index contributed by atoms with van der Waals surface area (Å²) in [7, 11) is -6.96. The molecule has 1 aromatic rings. The van der Waals surface area contributed by atoms with Crippen molar-refractivity contribution in [3.8, 4) is 0 Å². The molecule has 7 heteroatoms. The van der Waals surface area contributed by atoms with E-state index in [1.165, 1.54) is 12.1 Å². The van der Waals surface area contributed by atoms with Gasteiger partial charge in [0.1, 0.15) is 0 Å². The van der Waals surface area contributed by atoms with Gasteiger partial charge in [-0.1, -0.05) is 38.0 Å². The van der Waals surface area contributed by atoms with Crippen LogP contribution in [0.15, 0.2) is 35.2 Å². The van der Waals surface area contributed by atoms with Crippen molar-refractivity contribution in [3.05, 3.63) is 30.3 Å². The van der Waals surface area contributed by atoms with Gasteiger partial charge in [-0.2, -0.15) is 0 Å². The fourth-order valence-electron chi connectivity index (χ4n) is 2.76. The summed E-state index contributed by atoms with van der Waals surface area (Å²) in [6, 6.07) is 7.57. The number of benzene rings is 1. The molecule has 1 aliphatic rings. The summed E-state index contributed by atoms with van der Waals surface area (Å²) in [6.07, 6.45) is 3.03. The van der Waals surface area contributed by atoms with Gasteiger partial charge in [0.15, 0.2) is 19.7 Å². The Morgan fingerprint density at radius 2 is 1.82 bits per heavy atom. The van der Waals surface area contributed by atoms with Gasteiger partial charge >= 0.3 is 0 Å². The molecule has 2 rings (SSSR count). The van der Waals surface area contributed by atoms with Crippen molar-refractivity contribution >= 4 is 19.7 Å². The lowest BCUT2D eigenvalue weighted by Crippen LogP contribution is -2.43. The Hall–Kier alpha value is -0.920. The largest absolute Gasteiger partial charge is 0.312 e. The lowest BCUT2D eigenvalue weighted by molar-refractivity contribution is 0.513. The molecule has 22 heavy (non-hydrogen) atoms. The molecule has 2 atom stereocenters. The van der Waals surface area contributed by atoms with Crippen LogP contribution in [0.1, 0.15) is 26.2 Å². The number of rotatable bonds is 7. The topological polar surface area (TPSA) is 80.3 Å². The number of nitrogens with one attached hydrogen (secondary N) is 1. The summed E-state index contributed by atoms with van der Waals surface area (Å²) in [5, 5.41) is 2.24. The van der Waals surface area contributed by atoms with Crippen molar-refractivity contribution in [2.45, 2.75) is 42.4 Å². The van der Waals surface area contributed by atoms with E-state index in [-0.39, 0.29) is 16.4 Å². The Labute approximate surface area is 133 Å². The highest BCUT2D eigenvalue weighted by atomic mass is 32.2. The molecule has 0 radical (unpaired) electrons. The van der Waals surface area contributed by atoms with E-state index in [1.54, 1.807) is 18.2 Å². The highest BCUT2D eigenvalue weighted by Crippen LogP contribution is 2.25. The standard InChI is InChI=1S/C15H23NO4S2/c1-2-3-7-10-16-14-11-21(17,18)12-15(14)22(19,20)13-8-5-4-6-9-13/h4-6,8-9,14-16H,2-3,7,10-12H2,1H3/t14-,15-/m1/s1. The van der Waals surface area contributed by atoms with Gasteiger partial charge in [0, 0.05) is 6.04 Å². The van der Waals surface area contributed by atoms with Crippen molar-refractivity contribution < 1.29 is 16.8 Å². The van der Waals surface area contributed by atoms with Gasteiger partial charge in [0.25, 0.3) is 0 Å². The maximum atomic E-state index is 12.7. The summed E-state index contributed by atoms with van der Waals surface area (Å²) >= 11 is 0. The fourth-order valence-corrected chi connectivity index (χ4v) is 7.50. The Morgan fingerprint density at radius 1 is 1.14 bits per heavy atom. The van der Waals surface area contributed by atoms with Gasteiger partial charge < -0.3 is 5.32 Å². The first-order chi connectivity index (χ1) is 10.4. The summed E-state index contributed by atoms with van der Waals surface area (Å²) in [5.41, 5.74) is 0. The third-order valence-electron chi connectivity index (χ3n) is 3.96. The molecule has 0 saturated carbocycles. The average molecular weight is 345 g/mol. The van der Waals surface area contributed by atoms with Crippen LogP contribution >= 0.6 is 0 Å². The van der Waals surface area contributed by atoms with E-state index in [0.717, 1.165) is 19.3 Å². The molecular weight excluding hydrogens is 322 g/mol. The number of unbranched alkanes of at least 4 members (excludes halogenated alkanes) is 2. The molecule has 1 aromatic carbocycles. The van der Waals surface area contributed by atoms with E-state index in [1.807, 2.05) is 0 Å². The number of sulfone groups is 2. The van der Waals surface area contributed by atoms with Gasteiger partial charge in [-0.05, 0) is 25.1 Å². The first-order valence-electron chi connectivity index (χ1n) is 7.59. The van der Waals surface area contributed by atoms with Gasteiger partial charge in [0.05, 0.1) is 21.7 Å². The third kappa shape index (κ3) is 4.08. The summed E-state index contributed by atoms with van der Waals surface area (Å²) in [6.45, 7) is 2.73. The molecule has 1 N–H and O–H groups in total. The third-order valence-corrected chi connectivity index (χ3v) is 8.12. The normalized spacial score (nSPS) is 24.4. The van der Waals surface area contributed by atoms with Crippen molar-refractivity contribution in [1.82, 2.24) is 5.32 Å². The predicted octanol–water partition coefficient (Wildman–Crippen LogP) is 1.41. The molecule has 124 valence electrons. The Balaban J connectivity index is 2.19. The van der Waals surface area contributed by atoms with Crippen LogP contribution in [0.5, 0.6) is 0 Å². The predicted molar refractivity (Wildman–Crippen MR) is 87.4 cm³/mol. The van der Waals surface area contributed by atoms with Crippen molar-refractivity contribution in [1.29, 1.82) is 0 Å². The molecule has 5 nitrogen and oxygen atoms in total. The van der Waals surface area contributed by atoms with E-state index in [2.05, 4.69) is 12.2 Å². The highest BCUT2D eigenvalue weighted by Gasteiger charge is 2.45. The molecular formula is C15H23NO4S2. The van der Waals surface area contributed by atoms with Crippen molar-refractivity contribution in [2.75, 3.05) is 18.1 Å². The lowest BCUT2D eigenvalue weighted by atomic mass is 10.2. The smallest absolute Gasteiger partial charge is 0.183 e. The van der Waals surface area contributed by atoms with Crippen LogP contribution in [0.25, 0.3) is 0 Å². The monoisotopic (exact) mass is 345 g/mol. The fraction of sp³-hybridized carbons (Fsp3) is 0.600. The molecule has 1 heterocycles. The maximum Gasteiger partial charge on any atom is 0.183 e. The second-order valence-corrected chi connectivity index (χ2v) is 10.1. The van der Waals surface area contributed by atoms with Gasteiger partial charge in [-0.25, -0.2) is 16.8 Å². The van der Waals surface area contributed by atoms with E-state index in [9.17, 15) is 16.8 Å². The highest BCUT2D eigenvalue weighted by molar-refractivity contribution is 7.96. The zero-order chi connectivity index (χ0) is 16.2. The SMILES string of the molecule is CCCCCN[C@@H]1CS(=O)(=O)C[C@H]1S(=O)(=O)c1ccccc1. The minimum atomic E-state index is -3.64. The van der Waals surface area contributed by atoms with Crippen LogP contribution in [-0.2, 0) is 19.7 Å². The molecule has 0 unspecified atom stereocenters. The van der Waals surface area contributed by atoms with Gasteiger partial charge in [-0.15, -0.1) is 0 Å². The first kappa shape index (κ1) is 17.4. The van der Waals surface area contributed by atoms with Crippen LogP contribution in [-0.4, -0.2) is 46.2 Å². The van der Waals surface area contributed by atoms with Crippen LogP contribution in [0.3, 0.4) is 0 Å². The van der Waals surface area contributed by atoms with E-state index in [0.29, 0.717) is 6.54 Å². The zero-order valence-electron chi connectivity index (χ0n) is 12.7. The number of hydrogen-bond acceptors (Lipinski definition) is 5. The summed E-state index contributed by atoms with van der Waals surface area (Å²) in [5.74, 6) is -0.397. The molecule has 0 spiro atoms. The molecule has 1 saturated heterocycles. The molecule has 0 amide bonds. The van der Waals surface area contributed by atoms with Crippen LogP contribution < -0.4 is 5.32 Å². The molecule has 0 bridgehead atoms. The Morgan fingerprint density at radius 3 is 2.45 bits per heavy atom. The Bertz CT molecular complexity index is 684. The van der Waals surface area contributed by atoms with E-state index >= 15 is 0 Å². The molecule has 1 aliphatic heterocycles. The van der Waals surface area contributed by atoms with Crippen molar-refractivity contribution in [2.24, 2.45) is 0 Å². The molecule has 0 aliphatic carbocycles. The van der Waals surface area contributed by atoms with Crippen molar-refractivity contribution in [3.63, 3.8) is 0 Å². The Kier molecular flexibility index (Phi) is 5.63. The minimum Gasteiger partial charge on any atom is -0.312 e. The van der Waals surface area contributed by atoms with Gasteiger partial charge in [-0.3, -0.25) is 0 Å². The second-order valence-electron chi connectivity index (χ2n) is 5.74. The zero-order valence-corrected chi connectivity index (χ0v) is 14.4. The number of hydrogen-bond donors (Lipinski definition) is 1. The van der Waals surface area contributed by atoms with E-state index in [4.69, 9.17) is 0 Å². The molecule has 0 aromatic heterocycles. The van der Waals surface area contributed by atoms with Crippen LogP contribution in [0, 0.1) is 0 Å². The maximum absolute atomic E-state index is 12.7. The van der Waals surface area contributed by atoms with E-state index < -0.39 is 31.0 Å². The lowest BCUT2D eigenvalue weighted by Gasteiger charge is -2.20. The van der Waals surface area contributed by atoms with Crippen LogP contribution in [0.2, 0.25) is 0 Å². The van der Waals surface area contributed by atoms with Gasteiger partial charge in [0.2, 0.25) is 0 Å². The second kappa shape index (κ2) is 7.10. The van der Waals surface area contributed by atoms with Crippen LogP contribution in [0.4, 0.5) is 0 Å². The minimum absolute atomic E-state index is 0.101. The first-order valence-corrected chi connectivity index (χ1v) is 11.0. The quantitative estimate of drug-likeness (QED) is 0.756.